The van der Waals surface area contributed by atoms with Gasteiger partial charge in [-0.15, -0.1) is 0 Å². The number of rotatable bonds is 43. The van der Waals surface area contributed by atoms with Crippen LogP contribution in [-0.2, 0) is 23.7 Å². The molecular formula is C54H101NO13. The monoisotopic (exact) mass is 972 g/mol. The zero-order valence-corrected chi connectivity index (χ0v) is 42.6. The van der Waals surface area contributed by atoms with Gasteiger partial charge in [-0.25, -0.2) is 0 Å². The van der Waals surface area contributed by atoms with E-state index in [1.807, 2.05) is 6.08 Å². The molecule has 14 heteroatoms. The number of amides is 1. The van der Waals surface area contributed by atoms with Crippen LogP contribution < -0.4 is 5.32 Å². The van der Waals surface area contributed by atoms with Gasteiger partial charge >= 0.3 is 0 Å². The molecule has 1 amide bonds. The molecule has 2 fully saturated rings. The van der Waals surface area contributed by atoms with E-state index >= 15 is 0 Å². The van der Waals surface area contributed by atoms with Crippen molar-refractivity contribution in [2.45, 2.75) is 293 Å². The van der Waals surface area contributed by atoms with Gasteiger partial charge in [0, 0.05) is 6.42 Å². The van der Waals surface area contributed by atoms with Crippen LogP contribution >= 0.6 is 0 Å². The van der Waals surface area contributed by atoms with E-state index in [-0.39, 0.29) is 18.9 Å². The quantitative estimate of drug-likeness (QED) is 0.0208. The lowest BCUT2D eigenvalue weighted by atomic mass is 9.97. The average Bonchev–Trinajstić information content (AvgIpc) is 3.34. The van der Waals surface area contributed by atoms with Crippen LogP contribution in [0.4, 0.5) is 0 Å². The van der Waals surface area contributed by atoms with E-state index in [1.54, 1.807) is 6.08 Å². The van der Waals surface area contributed by atoms with Crippen molar-refractivity contribution >= 4 is 5.91 Å². The summed E-state index contributed by atoms with van der Waals surface area (Å²) in [4.78, 5) is 13.2. The molecule has 2 heterocycles. The molecule has 12 unspecified atom stereocenters. The van der Waals surface area contributed by atoms with E-state index in [0.717, 1.165) is 57.8 Å². The number of carbonyl (C=O) groups excluding carboxylic acids is 1. The summed E-state index contributed by atoms with van der Waals surface area (Å²) in [6, 6.07) is -0.915. The second-order valence-corrected chi connectivity index (χ2v) is 19.7. The molecule has 0 saturated carbocycles. The first kappa shape index (κ1) is 62.6. The predicted octanol–water partition coefficient (Wildman–Crippen LogP) is 8.11. The van der Waals surface area contributed by atoms with Crippen molar-refractivity contribution in [3.05, 3.63) is 24.3 Å². The van der Waals surface area contributed by atoms with Gasteiger partial charge in [0.15, 0.2) is 12.6 Å². The number of carbonyl (C=O) groups is 1. The average molecular weight is 972 g/mol. The van der Waals surface area contributed by atoms with Crippen LogP contribution in [-0.4, -0.2) is 140 Å². The number of hydrogen-bond acceptors (Lipinski definition) is 13. The highest BCUT2D eigenvalue weighted by molar-refractivity contribution is 5.76. The summed E-state index contributed by atoms with van der Waals surface area (Å²) >= 11 is 0. The Morgan fingerprint density at radius 3 is 1.43 bits per heavy atom. The Bertz CT molecular complexity index is 1240. The molecule has 12 atom stereocenters. The topological polar surface area (TPSA) is 228 Å². The fourth-order valence-corrected chi connectivity index (χ4v) is 9.11. The van der Waals surface area contributed by atoms with Gasteiger partial charge in [0.2, 0.25) is 5.91 Å². The van der Waals surface area contributed by atoms with Crippen molar-refractivity contribution < 1.29 is 64.6 Å². The third kappa shape index (κ3) is 27.3. The van der Waals surface area contributed by atoms with Gasteiger partial charge < -0.3 is 65.1 Å². The number of allylic oxidation sites excluding steroid dienone is 3. The van der Waals surface area contributed by atoms with E-state index in [0.29, 0.717) is 6.42 Å². The van der Waals surface area contributed by atoms with E-state index < -0.39 is 86.8 Å². The van der Waals surface area contributed by atoms with Gasteiger partial charge in [-0.2, -0.15) is 0 Å². The first-order chi connectivity index (χ1) is 33.1. The second-order valence-electron chi connectivity index (χ2n) is 19.7. The molecule has 0 aliphatic carbocycles. The van der Waals surface area contributed by atoms with Crippen molar-refractivity contribution in [1.82, 2.24) is 5.32 Å². The maximum atomic E-state index is 13.2. The molecule has 2 aliphatic heterocycles. The number of aliphatic hydroxyl groups is 8. The van der Waals surface area contributed by atoms with Crippen LogP contribution in [0, 0.1) is 0 Å². The number of ether oxygens (including phenoxy) is 4. The van der Waals surface area contributed by atoms with Crippen molar-refractivity contribution in [3.63, 3.8) is 0 Å². The Kier molecular flexibility index (Phi) is 37.7. The third-order valence-electron chi connectivity index (χ3n) is 13.6. The van der Waals surface area contributed by atoms with Crippen LogP contribution in [0.1, 0.15) is 219 Å². The first-order valence-electron chi connectivity index (χ1n) is 27.6. The summed E-state index contributed by atoms with van der Waals surface area (Å²) in [5.74, 6) is -0.249. The summed E-state index contributed by atoms with van der Waals surface area (Å²) in [6.07, 6.45) is 29.4. The van der Waals surface area contributed by atoms with Crippen molar-refractivity contribution in [2.75, 3.05) is 19.8 Å². The van der Waals surface area contributed by atoms with Crippen LogP contribution in [0.2, 0.25) is 0 Å². The zero-order chi connectivity index (χ0) is 49.6. The molecule has 14 nitrogen and oxygen atoms in total. The Labute approximate surface area is 411 Å². The van der Waals surface area contributed by atoms with Crippen LogP contribution in [0.3, 0.4) is 0 Å². The summed E-state index contributed by atoms with van der Waals surface area (Å²) in [5, 5.41) is 86.8. The molecule has 2 rings (SSSR count). The molecule has 2 aliphatic rings. The summed E-state index contributed by atoms with van der Waals surface area (Å²) in [5.41, 5.74) is 0. The molecule has 0 bridgehead atoms. The minimum Gasteiger partial charge on any atom is -0.394 e. The fraction of sp³-hybridized carbons (Fsp3) is 0.907. The lowest BCUT2D eigenvalue weighted by Crippen LogP contribution is -2.65. The Morgan fingerprint density at radius 2 is 0.926 bits per heavy atom. The standard InChI is InChI=1S/C54H101NO13/c1-3-5-7-9-11-13-15-17-18-19-20-21-22-23-24-25-26-27-29-31-33-35-37-43(58)42(55-46(59)38-36-34-32-30-28-16-14-12-10-8-6-4-2)41-65-53-51(64)49(62)52(45(40-57)67-53)68-54-50(63)48(61)47(60)44(39-56)66-54/h12,14,35,37,42-45,47-54,56-58,60-64H,3-11,13,15-34,36,38-41H2,1-2H3,(H,55,59)/b14-12-,37-35+. The number of unbranched alkanes of at least 4 members (excludes halogenated alkanes) is 28. The van der Waals surface area contributed by atoms with Crippen LogP contribution in [0.25, 0.3) is 0 Å². The summed E-state index contributed by atoms with van der Waals surface area (Å²) < 4.78 is 22.7. The number of hydrogen-bond donors (Lipinski definition) is 9. The molecule has 0 aromatic carbocycles. The van der Waals surface area contributed by atoms with Crippen molar-refractivity contribution in [3.8, 4) is 0 Å². The maximum absolute atomic E-state index is 13.2. The van der Waals surface area contributed by atoms with Crippen LogP contribution in [0.15, 0.2) is 24.3 Å². The molecule has 2 saturated heterocycles. The van der Waals surface area contributed by atoms with Gasteiger partial charge in [0.1, 0.15) is 48.8 Å². The molecule has 0 spiro atoms. The van der Waals surface area contributed by atoms with Crippen molar-refractivity contribution in [2.24, 2.45) is 0 Å². The molecule has 400 valence electrons. The van der Waals surface area contributed by atoms with Crippen LogP contribution in [0.5, 0.6) is 0 Å². The van der Waals surface area contributed by atoms with Gasteiger partial charge in [-0.05, 0) is 44.9 Å². The molecule has 0 radical (unpaired) electrons. The van der Waals surface area contributed by atoms with Gasteiger partial charge in [0.25, 0.3) is 0 Å². The minimum atomic E-state index is -1.79. The van der Waals surface area contributed by atoms with E-state index in [4.69, 9.17) is 18.9 Å². The van der Waals surface area contributed by atoms with E-state index in [1.165, 1.54) is 135 Å². The number of aliphatic hydroxyl groups excluding tert-OH is 8. The second kappa shape index (κ2) is 41.0. The Balaban J connectivity index is 1.79. The van der Waals surface area contributed by atoms with Gasteiger partial charge in [0.05, 0.1) is 32.0 Å². The minimum absolute atomic E-state index is 0.249. The van der Waals surface area contributed by atoms with E-state index in [2.05, 4.69) is 31.3 Å². The first-order valence-corrected chi connectivity index (χ1v) is 27.6. The molecular weight excluding hydrogens is 871 g/mol. The molecule has 0 aromatic rings. The lowest BCUT2D eigenvalue weighted by Gasteiger charge is -2.46. The zero-order valence-electron chi connectivity index (χ0n) is 42.6. The normalized spacial score (nSPS) is 26.5. The largest absolute Gasteiger partial charge is 0.394 e. The molecule has 0 aromatic heterocycles. The van der Waals surface area contributed by atoms with Gasteiger partial charge in [-0.1, -0.05) is 192 Å². The summed E-state index contributed by atoms with van der Waals surface area (Å²) in [6.45, 7) is 2.77. The predicted molar refractivity (Wildman–Crippen MR) is 268 cm³/mol. The highest BCUT2D eigenvalue weighted by Crippen LogP contribution is 2.30. The van der Waals surface area contributed by atoms with Crippen molar-refractivity contribution in [1.29, 1.82) is 0 Å². The van der Waals surface area contributed by atoms with E-state index in [9.17, 15) is 45.6 Å². The fourth-order valence-electron chi connectivity index (χ4n) is 9.11. The molecule has 68 heavy (non-hydrogen) atoms. The lowest BCUT2D eigenvalue weighted by molar-refractivity contribution is -0.359. The maximum Gasteiger partial charge on any atom is 0.220 e. The molecule has 9 N–H and O–H groups in total. The smallest absolute Gasteiger partial charge is 0.220 e. The highest BCUT2D eigenvalue weighted by Gasteiger charge is 2.51. The highest BCUT2D eigenvalue weighted by atomic mass is 16.7. The van der Waals surface area contributed by atoms with Gasteiger partial charge in [-0.3, -0.25) is 4.79 Å². The Hall–Kier alpha value is -1.53. The number of nitrogens with one attached hydrogen (secondary N) is 1. The third-order valence-corrected chi connectivity index (χ3v) is 13.6. The summed E-state index contributed by atoms with van der Waals surface area (Å²) in [7, 11) is 0. The Morgan fingerprint density at radius 1 is 0.515 bits per heavy atom. The SMILES string of the molecule is CCCCC/C=C\CCCCCCCC(=O)NC(COC1OC(CO)C(OC2OC(CO)C(O)C(O)C2O)C(O)C1O)C(O)/C=C/CCCCCCCCCCCCCCCCCCCCCC.